The van der Waals surface area contributed by atoms with Crippen molar-refractivity contribution in [1.82, 2.24) is 10.2 Å². The molecule has 2 amide bonds. The number of anilines is 1. The Bertz CT molecular complexity index is 1660. The average molecular weight is 703 g/mol. The number of likely N-dealkylation sites (N-methyl/N-ethyl adjacent to an activating group) is 1. The van der Waals surface area contributed by atoms with Crippen LogP contribution in [0, 0.1) is 0 Å². The molecule has 0 bridgehead atoms. The lowest BCUT2D eigenvalue weighted by Crippen LogP contribution is -2.53. The van der Waals surface area contributed by atoms with E-state index in [1.807, 2.05) is 30.3 Å². The van der Waals surface area contributed by atoms with Crippen molar-refractivity contribution in [3.05, 3.63) is 129 Å². The van der Waals surface area contributed by atoms with Crippen molar-refractivity contribution in [1.29, 1.82) is 0 Å². The summed E-state index contributed by atoms with van der Waals surface area (Å²) in [5, 5.41) is 3.49. The van der Waals surface area contributed by atoms with Crippen molar-refractivity contribution < 1.29 is 18.0 Å². The number of sulfonamides is 1. The van der Waals surface area contributed by atoms with Gasteiger partial charge in [0.2, 0.25) is 11.8 Å². The molecule has 7 nitrogen and oxygen atoms in total. The largest absolute Gasteiger partial charge is 0.355 e. The molecule has 4 aromatic carbocycles. The molecule has 4 rings (SSSR count). The van der Waals surface area contributed by atoms with Crippen LogP contribution >= 0.6 is 39.1 Å². The van der Waals surface area contributed by atoms with E-state index in [-0.39, 0.29) is 23.8 Å². The summed E-state index contributed by atoms with van der Waals surface area (Å²) in [6, 6.07) is 27.9. The van der Waals surface area contributed by atoms with E-state index >= 15 is 0 Å². The zero-order valence-corrected chi connectivity index (χ0v) is 27.2. The third kappa shape index (κ3) is 8.38. The molecule has 0 aliphatic carbocycles. The Morgan fingerprint density at radius 2 is 1.47 bits per heavy atom. The van der Waals surface area contributed by atoms with Crippen LogP contribution < -0.4 is 9.62 Å². The van der Waals surface area contributed by atoms with E-state index < -0.39 is 28.5 Å². The average Bonchev–Trinajstić information content (AvgIpc) is 3.01. The van der Waals surface area contributed by atoms with Crippen LogP contribution in [0.4, 0.5) is 5.69 Å². The molecule has 0 heterocycles. The van der Waals surface area contributed by atoms with Crippen LogP contribution in [0.2, 0.25) is 10.0 Å². The number of carbonyl (C=O) groups is 2. The highest BCUT2D eigenvalue weighted by Gasteiger charge is 2.34. The van der Waals surface area contributed by atoms with E-state index in [4.69, 9.17) is 23.2 Å². The zero-order chi connectivity index (χ0) is 31.0. The van der Waals surface area contributed by atoms with E-state index in [2.05, 4.69) is 21.2 Å². The SMILES string of the molecule is CCNC(=O)C(Cc1ccccc1)N(Cc1ccc(Cl)c(Cl)c1)C(=O)CN(c1ccc(Br)cc1)S(=O)(=O)c1ccccc1. The maximum atomic E-state index is 14.3. The molecule has 0 saturated heterocycles. The lowest BCUT2D eigenvalue weighted by molar-refractivity contribution is -0.140. The van der Waals surface area contributed by atoms with E-state index in [1.165, 1.54) is 17.0 Å². The Kier molecular flexibility index (Phi) is 11.3. The van der Waals surface area contributed by atoms with Gasteiger partial charge in [-0.25, -0.2) is 8.42 Å². The van der Waals surface area contributed by atoms with Gasteiger partial charge in [0.15, 0.2) is 0 Å². The van der Waals surface area contributed by atoms with Gasteiger partial charge in [-0.15, -0.1) is 0 Å². The van der Waals surface area contributed by atoms with Crippen molar-refractivity contribution in [3.63, 3.8) is 0 Å². The summed E-state index contributed by atoms with van der Waals surface area (Å²) >= 11 is 15.8. The molecule has 1 atom stereocenters. The molecule has 43 heavy (non-hydrogen) atoms. The monoisotopic (exact) mass is 701 g/mol. The molecule has 1 unspecified atom stereocenters. The Morgan fingerprint density at radius 1 is 0.837 bits per heavy atom. The van der Waals surface area contributed by atoms with Gasteiger partial charge in [0.25, 0.3) is 10.0 Å². The van der Waals surface area contributed by atoms with Crippen LogP contribution in [0.25, 0.3) is 0 Å². The summed E-state index contributed by atoms with van der Waals surface area (Å²) in [5.74, 6) is -0.929. The van der Waals surface area contributed by atoms with E-state index in [9.17, 15) is 18.0 Å². The summed E-state index contributed by atoms with van der Waals surface area (Å²) < 4.78 is 29.7. The van der Waals surface area contributed by atoms with Crippen molar-refractivity contribution in [3.8, 4) is 0 Å². The fraction of sp³-hybridized carbons (Fsp3) is 0.188. The van der Waals surface area contributed by atoms with Crippen LogP contribution in [0.3, 0.4) is 0 Å². The predicted octanol–water partition coefficient (Wildman–Crippen LogP) is 6.73. The van der Waals surface area contributed by atoms with E-state index in [0.717, 1.165) is 14.3 Å². The smallest absolute Gasteiger partial charge is 0.264 e. The number of hydrogen-bond acceptors (Lipinski definition) is 4. The van der Waals surface area contributed by atoms with Gasteiger partial charge in [-0.2, -0.15) is 0 Å². The first-order valence-corrected chi connectivity index (χ1v) is 16.5. The van der Waals surface area contributed by atoms with Crippen LogP contribution in [-0.4, -0.2) is 44.3 Å². The minimum Gasteiger partial charge on any atom is -0.355 e. The molecule has 0 radical (unpaired) electrons. The van der Waals surface area contributed by atoms with Crippen LogP contribution in [0.1, 0.15) is 18.1 Å². The summed E-state index contributed by atoms with van der Waals surface area (Å²) in [5.41, 5.74) is 1.77. The third-order valence-electron chi connectivity index (χ3n) is 6.68. The topological polar surface area (TPSA) is 86.8 Å². The minimum atomic E-state index is -4.16. The number of amides is 2. The number of carbonyl (C=O) groups excluding carboxylic acids is 2. The van der Waals surface area contributed by atoms with Gasteiger partial charge in [0.1, 0.15) is 12.6 Å². The highest BCUT2D eigenvalue weighted by molar-refractivity contribution is 9.10. The van der Waals surface area contributed by atoms with Crippen molar-refractivity contribution >= 4 is 66.7 Å². The molecule has 0 fully saturated rings. The lowest BCUT2D eigenvalue weighted by atomic mass is 10.0. The fourth-order valence-corrected chi connectivity index (χ4v) is 6.56. The number of halogens is 3. The van der Waals surface area contributed by atoms with E-state index in [1.54, 1.807) is 67.6 Å². The van der Waals surface area contributed by atoms with Gasteiger partial charge in [-0.1, -0.05) is 93.7 Å². The number of rotatable bonds is 12. The standard InChI is InChI=1S/C32H30BrCl2N3O4S/c1-2-36-32(40)30(20-23-9-5-3-6-10-23)37(21-24-13-18-28(34)29(35)19-24)31(39)22-38(26-16-14-25(33)15-17-26)43(41,42)27-11-7-4-8-12-27/h3-19,30H,2,20-22H2,1H3,(H,36,40). The second-order valence-electron chi connectivity index (χ2n) is 9.67. The molecule has 224 valence electrons. The Morgan fingerprint density at radius 3 is 2.07 bits per heavy atom. The number of hydrogen-bond donors (Lipinski definition) is 1. The third-order valence-corrected chi connectivity index (χ3v) is 9.74. The van der Waals surface area contributed by atoms with Crippen molar-refractivity contribution in [2.45, 2.75) is 30.8 Å². The summed E-state index contributed by atoms with van der Waals surface area (Å²) in [4.78, 5) is 29.3. The first-order valence-electron chi connectivity index (χ1n) is 13.5. The number of benzene rings is 4. The molecule has 0 saturated carbocycles. The maximum absolute atomic E-state index is 14.3. The Hall–Kier alpha value is -3.37. The molecule has 0 aliphatic rings. The first-order chi connectivity index (χ1) is 20.6. The predicted molar refractivity (Wildman–Crippen MR) is 175 cm³/mol. The van der Waals surface area contributed by atoms with Gasteiger partial charge in [-0.05, 0) is 66.6 Å². The van der Waals surface area contributed by atoms with Gasteiger partial charge >= 0.3 is 0 Å². The van der Waals surface area contributed by atoms with Crippen molar-refractivity contribution in [2.75, 3.05) is 17.4 Å². The normalized spacial score (nSPS) is 11.9. The Labute approximate surface area is 270 Å². The molecule has 11 heteroatoms. The summed E-state index contributed by atoms with van der Waals surface area (Å²) in [6.45, 7) is 1.59. The fourth-order valence-electron chi connectivity index (χ4n) is 4.54. The highest BCUT2D eigenvalue weighted by atomic mass is 79.9. The quantitative estimate of drug-likeness (QED) is 0.178. The minimum absolute atomic E-state index is 0.0100. The second-order valence-corrected chi connectivity index (χ2v) is 13.3. The van der Waals surface area contributed by atoms with Gasteiger partial charge in [0.05, 0.1) is 20.6 Å². The number of nitrogens with one attached hydrogen (secondary N) is 1. The van der Waals surface area contributed by atoms with E-state index in [0.29, 0.717) is 27.8 Å². The Balaban J connectivity index is 1.80. The molecular formula is C32H30BrCl2N3O4S. The second kappa shape index (κ2) is 14.9. The first kappa shape index (κ1) is 32.5. The van der Waals surface area contributed by atoms with Crippen LogP contribution in [0.5, 0.6) is 0 Å². The summed E-state index contributed by atoms with van der Waals surface area (Å²) in [6.07, 6.45) is 0.212. The zero-order valence-electron chi connectivity index (χ0n) is 23.3. The molecule has 0 aliphatic heterocycles. The van der Waals surface area contributed by atoms with Gasteiger partial charge < -0.3 is 10.2 Å². The van der Waals surface area contributed by atoms with Gasteiger partial charge in [0, 0.05) is 24.0 Å². The molecule has 4 aromatic rings. The van der Waals surface area contributed by atoms with Crippen LogP contribution in [0.15, 0.2) is 112 Å². The van der Waals surface area contributed by atoms with Gasteiger partial charge in [-0.3, -0.25) is 13.9 Å². The molecule has 1 N–H and O–H groups in total. The molecule has 0 spiro atoms. The highest BCUT2D eigenvalue weighted by Crippen LogP contribution is 2.28. The molecular weight excluding hydrogens is 673 g/mol. The van der Waals surface area contributed by atoms with Crippen LogP contribution in [-0.2, 0) is 32.6 Å². The summed E-state index contributed by atoms with van der Waals surface area (Å²) in [7, 11) is -4.16. The molecule has 0 aromatic heterocycles. The van der Waals surface area contributed by atoms with Crippen molar-refractivity contribution in [2.24, 2.45) is 0 Å². The maximum Gasteiger partial charge on any atom is 0.264 e. The lowest BCUT2D eigenvalue weighted by Gasteiger charge is -2.34. The number of nitrogens with zero attached hydrogens (tertiary/aromatic N) is 2.